The number of hydrogen-bond donors (Lipinski definition) is 1. The molecule has 6 heteroatoms. The first kappa shape index (κ1) is 22.6. The molecule has 1 atom stereocenters. The van der Waals surface area contributed by atoms with E-state index in [0.717, 1.165) is 17.9 Å². The van der Waals surface area contributed by atoms with Crippen LogP contribution < -0.4 is 10.5 Å². The summed E-state index contributed by atoms with van der Waals surface area (Å²) >= 11 is 0. The maximum Gasteiger partial charge on any atom is 0.240 e. The van der Waals surface area contributed by atoms with Crippen molar-refractivity contribution in [3.8, 4) is 5.75 Å². The zero-order valence-corrected chi connectivity index (χ0v) is 18.5. The van der Waals surface area contributed by atoms with Gasteiger partial charge < -0.3 is 20.1 Å². The summed E-state index contributed by atoms with van der Waals surface area (Å²) in [5, 5.41) is 0. The third-order valence-electron chi connectivity index (χ3n) is 6.06. The minimum absolute atomic E-state index is 0. The second-order valence-corrected chi connectivity index (χ2v) is 8.42. The molecular formula is C24H31ClN2O3. The summed E-state index contributed by atoms with van der Waals surface area (Å²) in [6.07, 6.45) is 3.01. The Morgan fingerprint density at radius 3 is 2.43 bits per heavy atom. The molecule has 0 unspecified atom stereocenters. The molecule has 2 aromatic carbocycles. The lowest BCUT2D eigenvalue weighted by Gasteiger charge is -2.51. The molecule has 0 aromatic heterocycles. The molecule has 0 bridgehead atoms. The maximum absolute atomic E-state index is 12.9. The molecule has 2 N–H and O–H groups in total. The van der Waals surface area contributed by atoms with Gasteiger partial charge in [0.15, 0.2) is 0 Å². The highest BCUT2D eigenvalue weighted by Crippen LogP contribution is 2.40. The number of ether oxygens (including phenoxy) is 2. The van der Waals surface area contributed by atoms with Crippen LogP contribution in [0.2, 0.25) is 0 Å². The lowest BCUT2D eigenvalue weighted by molar-refractivity contribution is -0.175. The van der Waals surface area contributed by atoms with Crippen LogP contribution in [-0.2, 0) is 21.6 Å². The van der Waals surface area contributed by atoms with Crippen LogP contribution in [-0.4, -0.2) is 43.7 Å². The molecule has 0 spiro atoms. The number of benzene rings is 2. The summed E-state index contributed by atoms with van der Waals surface area (Å²) in [4.78, 5) is 14.8. The van der Waals surface area contributed by atoms with Gasteiger partial charge in [-0.3, -0.25) is 4.79 Å². The maximum atomic E-state index is 12.9. The fourth-order valence-electron chi connectivity index (χ4n) is 4.05. The van der Waals surface area contributed by atoms with Crippen LogP contribution in [0, 0.1) is 12.8 Å². The van der Waals surface area contributed by atoms with Gasteiger partial charge in [0.1, 0.15) is 11.4 Å². The molecule has 0 radical (unpaired) electrons. The van der Waals surface area contributed by atoms with Crippen molar-refractivity contribution < 1.29 is 14.3 Å². The van der Waals surface area contributed by atoms with E-state index in [1.165, 1.54) is 24.0 Å². The molecule has 2 aliphatic rings. The van der Waals surface area contributed by atoms with Gasteiger partial charge in [-0.2, -0.15) is 0 Å². The number of halogens is 1. The monoisotopic (exact) mass is 430 g/mol. The predicted molar refractivity (Wildman–Crippen MR) is 120 cm³/mol. The van der Waals surface area contributed by atoms with Gasteiger partial charge in [0.05, 0.1) is 32.8 Å². The highest BCUT2D eigenvalue weighted by molar-refractivity contribution is 5.85. The zero-order valence-electron chi connectivity index (χ0n) is 17.7. The van der Waals surface area contributed by atoms with Gasteiger partial charge in [-0.1, -0.05) is 36.4 Å². The van der Waals surface area contributed by atoms with Gasteiger partial charge in [0.2, 0.25) is 5.91 Å². The number of hydrogen-bond acceptors (Lipinski definition) is 4. The van der Waals surface area contributed by atoms with Gasteiger partial charge in [-0.15, -0.1) is 12.4 Å². The lowest BCUT2D eigenvalue weighted by Crippen LogP contribution is -2.65. The van der Waals surface area contributed by atoms with Crippen LogP contribution in [0.4, 0.5) is 0 Å². The van der Waals surface area contributed by atoms with Crippen molar-refractivity contribution in [1.29, 1.82) is 0 Å². The molecule has 1 amide bonds. The smallest absolute Gasteiger partial charge is 0.240 e. The van der Waals surface area contributed by atoms with E-state index in [4.69, 9.17) is 15.2 Å². The third-order valence-corrected chi connectivity index (χ3v) is 6.06. The van der Waals surface area contributed by atoms with Gasteiger partial charge >= 0.3 is 0 Å². The summed E-state index contributed by atoms with van der Waals surface area (Å²) < 4.78 is 11.6. The number of carbonyl (C=O) groups excluding carboxylic acids is 1. The lowest BCUT2D eigenvalue weighted by atomic mass is 9.82. The van der Waals surface area contributed by atoms with Crippen LogP contribution >= 0.6 is 12.4 Å². The summed E-state index contributed by atoms with van der Waals surface area (Å²) in [5.41, 5.74) is 9.28. The molecule has 30 heavy (non-hydrogen) atoms. The molecule has 1 heterocycles. The van der Waals surface area contributed by atoms with Crippen LogP contribution in [0.5, 0.6) is 5.75 Å². The van der Waals surface area contributed by atoms with Gasteiger partial charge in [-0.25, -0.2) is 0 Å². The Morgan fingerprint density at radius 2 is 1.83 bits per heavy atom. The Kier molecular flexibility index (Phi) is 7.06. The number of nitrogens with two attached hydrogens (primary N) is 1. The van der Waals surface area contributed by atoms with Crippen LogP contribution in [0.15, 0.2) is 48.5 Å². The average molecular weight is 431 g/mol. The Bertz CT molecular complexity index is 861. The van der Waals surface area contributed by atoms with Crippen molar-refractivity contribution in [1.82, 2.24) is 4.90 Å². The number of carbonyl (C=O) groups is 1. The van der Waals surface area contributed by atoms with Crippen molar-refractivity contribution in [2.45, 2.75) is 37.8 Å². The zero-order chi connectivity index (χ0) is 20.4. The van der Waals surface area contributed by atoms with E-state index in [1.807, 2.05) is 41.3 Å². The normalized spacial score (nSPS) is 18.2. The largest absolute Gasteiger partial charge is 0.497 e. The Hall–Kier alpha value is -2.08. The number of methoxy groups -OCH3 is 1. The molecule has 2 fully saturated rings. The Labute approximate surface area is 184 Å². The van der Waals surface area contributed by atoms with Crippen molar-refractivity contribution in [3.63, 3.8) is 0 Å². The van der Waals surface area contributed by atoms with Crippen molar-refractivity contribution >= 4 is 18.3 Å². The minimum atomic E-state index is -0.554. The Balaban J connectivity index is 0.00000256. The number of rotatable bonds is 8. The highest BCUT2D eigenvalue weighted by Gasteiger charge is 2.49. The van der Waals surface area contributed by atoms with E-state index in [2.05, 4.69) is 19.1 Å². The number of aryl methyl sites for hydroxylation is 1. The Morgan fingerprint density at radius 1 is 1.17 bits per heavy atom. The number of amides is 1. The summed E-state index contributed by atoms with van der Waals surface area (Å²) in [6.45, 7) is 4.02. The number of nitrogens with zero attached hydrogens (tertiary/aromatic N) is 1. The summed E-state index contributed by atoms with van der Waals surface area (Å²) in [6, 6.07) is 15.5. The third kappa shape index (κ3) is 4.80. The molecule has 1 saturated carbocycles. The van der Waals surface area contributed by atoms with E-state index in [9.17, 15) is 4.79 Å². The highest BCUT2D eigenvalue weighted by atomic mass is 35.5. The SMILES string of the molecule is COc1ccc(C[C@@H](N)C(=O)N2CC(OCC3CC3)(c3ccccc3C)C2)cc1.Cl. The molecule has 1 saturated heterocycles. The predicted octanol–water partition coefficient (Wildman–Crippen LogP) is 3.46. The molecule has 1 aliphatic heterocycles. The fourth-order valence-corrected chi connectivity index (χ4v) is 4.05. The van der Waals surface area contributed by atoms with Crippen LogP contribution in [0.1, 0.15) is 29.5 Å². The van der Waals surface area contributed by atoms with Gasteiger partial charge in [0, 0.05) is 0 Å². The van der Waals surface area contributed by atoms with E-state index >= 15 is 0 Å². The first-order chi connectivity index (χ1) is 14.0. The molecule has 162 valence electrons. The summed E-state index contributed by atoms with van der Waals surface area (Å²) in [5.74, 6) is 1.46. The quantitative estimate of drug-likeness (QED) is 0.696. The van der Waals surface area contributed by atoms with E-state index in [1.54, 1.807) is 7.11 Å². The second kappa shape index (κ2) is 9.38. The first-order valence-electron chi connectivity index (χ1n) is 10.4. The van der Waals surface area contributed by atoms with E-state index < -0.39 is 11.6 Å². The molecular weight excluding hydrogens is 400 g/mol. The minimum Gasteiger partial charge on any atom is -0.497 e. The van der Waals surface area contributed by atoms with Crippen molar-refractivity contribution in [2.75, 3.05) is 26.8 Å². The van der Waals surface area contributed by atoms with Crippen molar-refractivity contribution in [2.24, 2.45) is 11.7 Å². The average Bonchev–Trinajstić information content (AvgIpc) is 3.53. The summed E-state index contributed by atoms with van der Waals surface area (Å²) in [7, 11) is 1.64. The van der Waals surface area contributed by atoms with Crippen LogP contribution in [0.25, 0.3) is 0 Å². The fraction of sp³-hybridized carbons (Fsp3) is 0.458. The van der Waals surface area contributed by atoms with Crippen LogP contribution in [0.3, 0.4) is 0 Å². The molecule has 2 aromatic rings. The van der Waals surface area contributed by atoms with Crippen molar-refractivity contribution in [3.05, 3.63) is 65.2 Å². The second-order valence-electron chi connectivity index (χ2n) is 8.42. The van der Waals surface area contributed by atoms with Gasteiger partial charge in [-0.05, 0) is 60.9 Å². The molecule has 4 rings (SSSR count). The first-order valence-corrected chi connectivity index (χ1v) is 10.4. The molecule has 1 aliphatic carbocycles. The topological polar surface area (TPSA) is 64.8 Å². The number of likely N-dealkylation sites (tertiary alicyclic amines) is 1. The van der Waals surface area contributed by atoms with E-state index in [0.29, 0.717) is 25.4 Å². The van der Waals surface area contributed by atoms with E-state index in [-0.39, 0.29) is 18.3 Å². The van der Waals surface area contributed by atoms with Gasteiger partial charge in [0.25, 0.3) is 0 Å². The molecule has 5 nitrogen and oxygen atoms in total. The standard InChI is InChI=1S/C24H30N2O3.ClH/c1-17-5-3-4-6-21(17)24(29-14-19-7-8-19)15-26(16-24)23(27)22(25)13-18-9-11-20(28-2)12-10-18;/h3-6,9-12,19,22H,7-8,13-16,25H2,1-2H3;1H/t22-;/m1./s1.